The van der Waals surface area contributed by atoms with Crippen LogP contribution in [0.4, 0.5) is 4.39 Å². The number of carbonyl (C=O) groups excluding carboxylic acids is 1. The van der Waals surface area contributed by atoms with Crippen molar-refractivity contribution >= 4 is 12.0 Å². The molecule has 0 bridgehead atoms. The first-order chi connectivity index (χ1) is 9.13. The average Bonchev–Trinajstić information content (AvgIpc) is 3.19. The SMILES string of the molecule is COc1ccc(F)cc1/C=C(\C#N)C(=O)NC1CC1. The van der Waals surface area contributed by atoms with E-state index in [4.69, 9.17) is 10.00 Å². The second-order valence-electron chi connectivity index (χ2n) is 4.30. The monoisotopic (exact) mass is 260 g/mol. The minimum Gasteiger partial charge on any atom is -0.496 e. The minimum atomic E-state index is -0.452. The molecule has 0 atom stereocenters. The van der Waals surface area contributed by atoms with Crippen LogP contribution in [0.3, 0.4) is 0 Å². The molecule has 1 amide bonds. The molecular formula is C14H13FN2O2. The van der Waals surface area contributed by atoms with Gasteiger partial charge in [0.05, 0.1) is 7.11 Å². The van der Waals surface area contributed by atoms with E-state index in [2.05, 4.69) is 5.32 Å². The van der Waals surface area contributed by atoms with Gasteiger partial charge in [-0.05, 0) is 37.1 Å². The van der Waals surface area contributed by atoms with Gasteiger partial charge in [-0.15, -0.1) is 0 Å². The van der Waals surface area contributed by atoms with Gasteiger partial charge in [0.15, 0.2) is 0 Å². The number of methoxy groups -OCH3 is 1. The van der Waals surface area contributed by atoms with Crippen LogP contribution in [0.25, 0.3) is 6.08 Å². The number of carbonyl (C=O) groups is 1. The molecule has 1 fully saturated rings. The number of halogens is 1. The van der Waals surface area contributed by atoms with Crippen LogP contribution in [0.5, 0.6) is 5.75 Å². The van der Waals surface area contributed by atoms with E-state index in [0.717, 1.165) is 12.8 Å². The zero-order chi connectivity index (χ0) is 13.8. The summed E-state index contributed by atoms with van der Waals surface area (Å²) in [5.41, 5.74) is 0.306. The zero-order valence-corrected chi connectivity index (χ0v) is 10.4. The molecule has 0 spiro atoms. The molecule has 1 saturated carbocycles. The summed E-state index contributed by atoms with van der Waals surface area (Å²) in [6, 6.07) is 5.92. The summed E-state index contributed by atoms with van der Waals surface area (Å²) in [7, 11) is 1.45. The fourth-order valence-corrected chi connectivity index (χ4v) is 1.61. The lowest BCUT2D eigenvalue weighted by atomic mass is 10.1. The van der Waals surface area contributed by atoms with E-state index in [9.17, 15) is 9.18 Å². The molecule has 0 heterocycles. The van der Waals surface area contributed by atoms with Crippen molar-refractivity contribution in [2.24, 2.45) is 0 Å². The molecule has 1 aromatic rings. The van der Waals surface area contributed by atoms with Gasteiger partial charge in [0.25, 0.3) is 5.91 Å². The Kier molecular flexibility index (Phi) is 3.81. The van der Waals surface area contributed by atoms with Crippen LogP contribution >= 0.6 is 0 Å². The summed E-state index contributed by atoms with van der Waals surface area (Å²) in [5, 5.41) is 11.7. The Labute approximate surface area is 110 Å². The number of nitriles is 1. The second-order valence-corrected chi connectivity index (χ2v) is 4.30. The molecule has 1 aliphatic rings. The van der Waals surface area contributed by atoms with Gasteiger partial charge in [-0.1, -0.05) is 0 Å². The molecule has 1 aromatic carbocycles. The first kappa shape index (κ1) is 13.1. The van der Waals surface area contributed by atoms with Crippen LogP contribution in [0.1, 0.15) is 18.4 Å². The van der Waals surface area contributed by atoms with Crippen LogP contribution in [0.15, 0.2) is 23.8 Å². The van der Waals surface area contributed by atoms with Gasteiger partial charge in [0, 0.05) is 11.6 Å². The van der Waals surface area contributed by atoms with E-state index in [1.165, 1.54) is 31.4 Å². The highest BCUT2D eigenvalue weighted by molar-refractivity contribution is 6.02. The van der Waals surface area contributed by atoms with Crippen molar-refractivity contribution < 1.29 is 13.9 Å². The third kappa shape index (κ3) is 3.32. The fraction of sp³-hybridized carbons (Fsp3) is 0.286. The van der Waals surface area contributed by atoms with Gasteiger partial charge in [0.2, 0.25) is 0 Å². The number of rotatable bonds is 4. The molecule has 1 N–H and O–H groups in total. The highest BCUT2D eigenvalue weighted by atomic mass is 19.1. The maximum absolute atomic E-state index is 13.2. The number of benzene rings is 1. The highest BCUT2D eigenvalue weighted by Gasteiger charge is 2.24. The van der Waals surface area contributed by atoms with E-state index < -0.39 is 11.7 Å². The molecule has 2 rings (SSSR count). The maximum Gasteiger partial charge on any atom is 0.262 e. The zero-order valence-electron chi connectivity index (χ0n) is 10.4. The number of hydrogen-bond donors (Lipinski definition) is 1. The average molecular weight is 260 g/mol. The van der Waals surface area contributed by atoms with Crippen molar-refractivity contribution in [2.75, 3.05) is 7.11 Å². The predicted octanol–water partition coefficient (Wildman–Crippen LogP) is 2.02. The summed E-state index contributed by atoms with van der Waals surface area (Å²) < 4.78 is 18.3. The number of amides is 1. The molecule has 19 heavy (non-hydrogen) atoms. The van der Waals surface area contributed by atoms with Gasteiger partial charge < -0.3 is 10.1 Å². The Morgan fingerprint density at radius 2 is 2.32 bits per heavy atom. The van der Waals surface area contributed by atoms with Crippen molar-refractivity contribution in [3.8, 4) is 11.8 Å². The summed E-state index contributed by atoms with van der Waals surface area (Å²) in [4.78, 5) is 11.8. The van der Waals surface area contributed by atoms with Crippen LogP contribution in [0.2, 0.25) is 0 Å². The Bertz CT molecular complexity index is 571. The van der Waals surface area contributed by atoms with Crippen LogP contribution in [-0.4, -0.2) is 19.1 Å². The van der Waals surface area contributed by atoms with Gasteiger partial charge in [-0.3, -0.25) is 4.79 Å². The molecule has 0 aromatic heterocycles. The first-order valence-electron chi connectivity index (χ1n) is 5.90. The third-order valence-corrected chi connectivity index (χ3v) is 2.77. The van der Waals surface area contributed by atoms with E-state index in [1.807, 2.05) is 6.07 Å². The summed E-state index contributed by atoms with van der Waals surface area (Å²) in [5.74, 6) is -0.475. The smallest absolute Gasteiger partial charge is 0.262 e. The standard InChI is InChI=1S/C14H13FN2O2/c1-19-13-5-2-11(15)7-9(13)6-10(8-16)14(18)17-12-3-4-12/h2,5-7,12H,3-4H2,1H3,(H,17,18)/b10-6+. The van der Waals surface area contributed by atoms with Gasteiger partial charge in [0.1, 0.15) is 23.2 Å². The van der Waals surface area contributed by atoms with Crippen molar-refractivity contribution in [3.05, 3.63) is 35.2 Å². The Morgan fingerprint density at radius 3 is 2.89 bits per heavy atom. The molecule has 98 valence electrons. The lowest BCUT2D eigenvalue weighted by Crippen LogP contribution is -2.26. The van der Waals surface area contributed by atoms with E-state index in [1.54, 1.807) is 0 Å². The molecule has 5 heteroatoms. The van der Waals surface area contributed by atoms with Crippen molar-refractivity contribution in [1.29, 1.82) is 5.26 Å². The highest BCUT2D eigenvalue weighted by Crippen LogP contribution is 2.23. The normalized spacial score (nSPS) is 14.7. The summed E-state index contributed by atoms with van der Waals surface area (Å²) >= 11 is 0. The van der Waals surface area contributed by atoms with Crippen LogP contribution < -0.4 is 10.1 Å². The maximum atomic E-state index is 13.2. The molecule has 0 saturated heterocycles. The van der Waals surface area contributed by atoms with Crippen LogP contribution in [0, 0.1) is 17.1 Å². The van der Waals surface area contributed by atoms with Crippen molar-refractivity contribution in [1.82, 2.24) is 5.32 Å². The van der Waals surface area contributed by atoms with E-state index in [0.29, 0.717) is 11.3 Å². The summed E-state index contributed by atoms with van der Waals surface area (Å²) in [6.07, 6.45) is 3.21. The second kappa shape index (κ2) is 5.53. The molecule has 0 radical (unpaired) electrons. The molecule has 0 aliphatic heterocycles. The van der Waals surface area contributed by atoms with Gasteiger partial charge in [-0.25, -0.2) is 4.39 Å². The molecular weight excluding hydrogens is 247 g/mol. The number of hydrogen-bond acceptors (Lipinski definition) is 3. The Morgan fingerprint density at radius 1 is 1.58 bits per heavy atom. The topological polar surface area (TPSA) is 62.1 Å². The lowest BCUT2D eigenvalue weighted by molar-refractivity contribution is -0.117. The minimum absolute atomic E-state index is 0.0594. The van der Waals surface area contributed by atoms with Gasteiger partial charge in [-0.2, -0.15) is 5.26 Å². The van der Waals surface area contributed by atoms with E-state index in [-0.39, 0.29) is 11.6 Å². The van der Waals surface area contributed by atoms with E-state index >= 15 is 0 Å². The number of nitrogens with zero attached hydrogens (tertiary/aromatic N) is 1. The predicted molar refractivity (Wildman–Crippen MR) is 67.7 cm³/mol. The lowest BCUT2D eigenvalue weighted by Gasteiger charge is -2.06. The van der Waals surface area contributed by atoms with Crippen molar-refractivity contribution in [3.63, 3.8) is 0 Å². The molecule has 4 nitrogen and oxygen atoms in total. The Balaban J connectivity index is 2.28. The number of ether oxygens (including phenoxy) is 1. The fourth-order valence-electron chi connectivity index (χ4n) is 1.61. The quantitative estimate of drug-likeness (QED) is 0.665. The molecule has 1 aliphatic carbocycles. The van der Waals surface area contributed by atoms with Crippen molar-refractivity contribution in [2.45, 2.75) is 18.9 Å². The first-order valence-corrected chi connectivity index (χ1v) is 5.90. The Hall–Kier alpha value is -2.35. The number of nitrogens with one attached hydrogen (secondary N) is 1. The summed E-state index contributed by atoms with van der Waals surface area (Å²) in [6.45, 7) is 0. The van der Waals surface area contributed by atoms with Crippen LogP contribution in [-0.2, 0) is 4.79 Å². The van der Waals surface area contributed by atoms with Gasteiger partial charge >= 0.3 is 0 Å². The third-order valence-electron chi connectivity index (χ3n) is 2.77. The largest absolute Gasteiger partial charge is 0.496 e. The molecule has 0 unspecified atom stereocenters.